The van der Waals surface area contributed by atoms with Gasteiger partial charge in [-0.05, 0) is 23.3 Å². The van der Waals surface area contributed by atoms with Crippen LogP contribution in [-0.4, -0.2) is 15.8 Å². The van der Waals surface area contributed by atoms with Crippen molar-refractivity contribution in [3.63, 3.8) is 0 Å². The highest BCUT2D eigenvalue weighted by molar-refractivity contribution is 6.09. The Balaban J connectivity index is 1.86. The molecular formula is C21H18N2O4. The Morgan fingerprint density at radius 2 is 1.59 bits per heavy atom. The lowest BCUT2D eigenvalue weighted by Crippen LogP contribution is -2.07. The van der Waals surface area contributed by atoms with Gasteiger partial charge in [-0.1, -0.05) is 54.6 Å². The molecule has 0 unspecified atom stereocenters. The Bertz CT molecular complexity index is 971. The van der Waals surface area contributed by atoms with Crippen LogP contribution in [0.4, 0.5) is 11.4 Å². The van der Waals surface area contributed by atoms with E-state index >= 15 is 0 Å². The van der Waals surface area contributed by atoms with Crippen LogP contribution >= 0.6 is 0 Å². The zero-order valence-electron chi connectivity index (χ0n) is 14.5. The molecule has 3 rings (SSSR count). The summed E-state index contributed by atoms with van der Waals surface area (Å²) in [6.45, 7) is 0.216. The summed E-state index contributed by atoms with van der Waals surface area (Å²) in [5, 5.41) is 23.9. The second-order valence-corrected chi connectivity index (χ2v) is 5.96. The quantitative estimate of drug-likeness (QED) is 0.377. The third-order valence-electron chi connectivity index (χ3n) is 4.25. The number of carbonyl (C=O) groups is 1. The number of carbonyl (C=O) groups excluding carboxylic acids is 1. The number of hydrogen-bond acceptors (Lipinski definition) is 5. The van der Waals surface area contributed by atoms with Gasteiger partial charge in [0.15, 0.2) is 5.78 Å². The molecule has 0 heterocycles. The Labute approximate surface area is 156 Å². The standard InChI is InChI=1S/C21H18N2O4/c24-14-18-9-5-4-8-17(18)13-22-19-11-10-16(12-20(19)23(26)27)21(25)15-6-2-1-3-7-15/h1-12,22,24H,13-14H2. The normalized spacial score (nSPS) is 10.4. The van der Waals surface area contributed by atoms with Gasteiger partial charge < -0.3 is 10.4 Å². The number of aliphatic hydroxyl groups is 1. The summed E-state index contributed by atoms with van der Waals surface area (Å²) in [6.07, 6.45) is 0. The van der Waals surface area contributed by atoms with Crippen molar-refractivity contribution in [3.8, 4) is 0 Å². The number of aliphatic hydroxyl groups excluding tert-OH is 1. The third kappa shape index (κ3) is 4.19. The third-order valence-corrected chi connectivity index (χ3v) is 4.25. The van der Waals surface area contributed by atoms with E-state index < -0.39 is 4.92 Å². The van der Waals surface area contributed by atoms with Crippen molar-refractivity contribution < 1.29 is 14.8 Å². The van der Waals surface area contributed by atoms with Crippen LogP contribution in [0.15, 0.2) is 72.8 Å². The number of ketones is 1. The molecule has 0 fully saturated rings. The second-order valence-electron chi connectivity index (χ2n) is 5.96. The molecule has 3 aromatic carbocycles. The van der Waals surface area contributed by atoms with Gasteiger partial charge in [-0.15, -0.1) is 0 Å². The number of anilines is 1. The van der Waals surface area contributed by atoms with Gasteiger partial charge in [-0.3, -0.25) is 14.9 Å². The lowest BCUT2D eigenvalue weighted by atomic mass is 10.0. The van der Waals surface area contributed by atoms with E-state index in [9.17, 15) is 20.0 Å². The monoisotopic (exact) mass is 362 g/mol. The highest BCUT2D eigenvalue weighted by atomic mass is 16.6. The van der Waals surface area contributed by atoms with Crippen LogP contribution in [0, 0.1) is 10.1 Å². The zero-order chi connectivity index (χ0) is 19.2. The van der Waals surface area contributed by atoms with Crippen molar-refractivity contribution in [2.45, 2.75) is 13.2 Å². The maximum Gasteiger partial charge on any atom is 0.293 e. The van der Waals surface area contributed by atoms with Crippen LogP contribution in [0.2, 0.25) is 0 Å². The van der Waals surface area contributed by atoms with Crippen LogP contribution < -0.4 is 5.32 Å². The summed E-state index contributed by atoms with van der Waals surface area (Å²) in [7, 11) is 0. The first kappa shape index (κ1) is 18.3. The molecule has 2 N–H and O–H groups in total. The largest absolute Gasteiger partial charge is 0.392 e. The van der Waals surface area contributed by atoms with Crippen molar-refractivity contribution >= 4 is 17.2 Å². The van der Waals surface area contributed by atoms with Gasteiger partial charge in [0.25, 0.3) is 5.69 Å². The predicted octanol–water partition coefficient (Wildman–Crippen LogP) is 3.93. The number of nitrogens with one attached hydrogen (secondary N) is 1. The average Bonchev–Trinajstić information content (AvgIpc) is 2.72. The number of nitrogens with zero attached hydrogens (tertiary/aromatic N) is 1. The Kier molecular flexibility index (Phi) is 5.58. The minimum Gasteiger partial charge on any atom is -0.392 e. The summed E-state index contributed by atoms with van der Waals surface area (Å²) in [5.74, 6) is -0.268. The number of hydrogen-bond donors (Lipinski definition) is 2. The fraction of sp³-hybridized carbons (Fsp3) is 0.0952. The summed E-state index contributed by atoms with van der Waals surface area (Å²) < 4.78 is 0. The molecule has 0 saturated heterocycles. The van der Waals surface area contributed by atoms with Gasteiger partial charge in [-0.25, -0.2) is 0 Å². The maximum absolute atomic E-state index is 12.5. The van der Waals surface area contributed by atoms with E-state index in [1.165, 1.54) is 12.1 Å². The molecule has 6 nitrogen and oxygen atoms in total. The number of rotatable bonds is 7. The molecule has 27 heavy (non-hydrogen) atoms. The lowest BCUT2D eigenvalue weighted by molar-refractivity contribution is -0.384. The molecule has 3 aromatic rings. The Morgan fingerprint density at radius 1 is 0.926 bits per heavy atom. The Hall–Kier alpha value is -3.51. The SMILES string of the molecule is O=C(c1ccccc1)c1ccc(NCc2ccccc2CO)c([N+](=O)[O-])c1. The topological polar surface area (TPSA) is 92.5 Å². The lowest BCUT2D eigenvalue weighted by Gasteiger charge is -2.11. The van der Waals surface area contributed by atoms with Crippen molar-refractivity contribution in [1.29, 1.82) is 0 Å². The number of nitro benzene ring substituents is 1. The minimum absolute atomic E-state index is 0.107. The maximum atomic E-state index is 12.5. The second kappa shape index (κ2) is 8.25. The van der Waals surface area contributed by atoms with Gasteiger partial charge in [0.1, 0.15) is 5.69 Å². The molecule has 0 bridgehead atoms. The van der Waals surface area contributed by atoms with E-state index in [0.29, 0.717) is 17.8 Å². The summed E-state index contributed by atoms with van der Waals surface area (Å²) in [4.78, 5) is 23.5. The van der Waals surface area contributed by atoms with E-state index in [4.69, 9.17) is 0 Å². The van der Waals surface area contributed by atoms with Crippen LogP contribution in [-0.2, 0) is 13.2 Å². The van der Waals surface area contributed by atoms with Crippen LogP contribution in [0.3, 0.4) is 0 Å². The highest BCUT2D eigenvalue weighted by Gasteiger charge is 2.18. The summed E-state index contributed by atoms with van der Waals surface area (Å²) >= 11 is 0. The average molecular weight is 362 g/mol. The van der Waals surface area contributed by atoms with Crippen LogP contribution in [0.1, 0.15) is 27.0 Å². The molecule has 0 aliphatic carbocycles. The molecule has 0 radical (unpaired) electrons. The van der Waals surface area contributed by atoms with Gasteiger partial charge >= 0.3 is 0 Å². The first-order valence-electron chi connectivity index (χ1n) is 8.40. The molecule has 0 spiro atoms. The number of nitro groups is 1. The zero-order valence-corrected chi connectivity index (χ0v) is 14.5. The first-order valence-corrected chi connectivity index (χ1v) is 8.40. The van der Waals surface area contributed by atoms with E-state index in [2.05, 4.69) is 5.32 Å². The minimum atomic E-state index is -0.512. The van der Waals surface area contributed by atoms with Gasteiger partial charge in [0.05, 0.1) is 11.5 Å². The van der Waals surface area contributed by atoms with E-state index in [0.717, 1.165) is 11.1 Å². The Morgan fingerprint density at radius 3 is 2.26 bits per heavy atom. The molecule has 0 atom stereocenters. The van der Waals surface area contributed by atoms with E-state index in [1.807, 2.05) is 18.2 Å². The van der Waals surface area contributed by atoms with Crippen LogP contribution in [0.25, 0.3) is 0 Å². The fourth-order valence-corrected chi connectivity index (χ4v) is 2.80. The molecule has 0 aliphatic heterocycles. The molecule has 0 aromatic heterocycles. The van der Waals surface area contributed by atoms with Gasteiger partial charge in [-0.2, -0.15) is 0 Å². The number of benzene rings is 3. The first-order chi connectivity index (χ1) is 13.1. The molecule has 0 aliphatic rings. The van der Waals surface area contributed by atoms with Crippen molar-refractivity contribution in [3.05, 3.63) is 105 Å². The highest BCUT2D eigenvalue weighted by Crippen LogP contribution is 2.27. The fourth-order valence-electron chi connectivity index (χ4n) is 2.80. The summed E-state index contributed by atoms with van der Waals surface area (Å²) in [5.41, 5.74) is 2.48. The van der Waals surface area contributed by atoms with Gasteiger partial charge in [0, 0.05) is 23.7 Å². The van der Waals surface area contributed by atoms with Crippen molar-refractivity contribution in [2.75, 3.05) is 5.32 Å². The van der Waals surface area contributed by atoms with Crippen LogP contribution in [0.5, 0.6) is 0 Å². The van der Waals surface area contributed by atoms with E-state index in [1.54, 1.807) is 42.5 Å². The molecule has 0 amide bonds. The molecule has 6 heteroatoms. The molecule has 136 valence electrons. The van der Waals surface area contributed by atoms with Gasteiger partial charge in [0.2, 0.25) is 0 Å². The van der Waals surface area contributed by atoms with Crippen molar-refractivity contribution in [1.82, 2.24) is 0 Å². The summed E-state index contributed by atoms with van der Waals surface area (Å²) in [6, 6.07) is 20.3. The molecular weight excluding hydrogens is 344 g/mol. The smallest absolute Gasteiger partial charge is 0.293 e. The predicted molar refractivity (Wildman–Crippen MR) is 103 cm³/mol. The van der Waals surface area contributed by atoms with E-state index in [-0.39, 0.29) is 23.6 Å². The molecule has 0 saturated carbocycles. The van der Waals surface area contributed by atoms with Crippen molar-refractivity contribution in [2.24, 2.45) is 0 Å².